The van der Waals surface area contributed by atoms with Gasteiger partial charge in [-0.2, -0.15) is 9.97 Å². The van der Waals surface area contributed by atoms with Crippen LogP contribution in [-0.4, -0.2) is 23.1 Å². The molecule has 4 N–H and O–H groups in total. The Balaban J connectivity index is 2.80. The maximum atomic E-state index is 5.75. The minimum atomic E-state index is 0.245. The van der Waals surface area contributed by atoms with Gasteiger partial charge in [0.2, 0.25) is 5.95 Å². The Morgan fingerprint density at radius 2 is 1.53 bits per heavy atom. The zero-order valence-corrected chi connectivity index (χ0v) is 12.6. The minimum Gasteiger partial charge on any atom is -0.383 e. The number of hydrogen-bond acceptors (Lipinski definition) is 5. The van der Waals surface area contributed by atoms with Crippen molar-refractivity contribution in [3.05, 3.63) is 6.07 Å². The third kappa shape index (κ3) is 5.77. The van der Waals surface area contributed by atoms with Crippen LogP contribution in [-0.2, 0) is 0 Å². The summed E-state index contributed by atoms with van der Waals surface area (Å²) in [6.07, 6.45) is 2.25. The Kier molecular flexibility index (Phi) is 5.86. The Morgan fingerprint density at radius 1 is 1.00 bits per heavy atom. The van der Waals surface area contributed by atoms with E-state index in [0.29, 0.717) is 17.7 Å². The summed E-state index contributed by atoms with van der Waals surface area (Å²) in [6, 6.07) is 1.80. The number of rotatable bonds is 7. The van der Waals surface area contributed by atoms with Gasteiger partial charge in [-0.25, -0.2) is 0 Å². The van der Waals surface area contributed by atoms with E-state index in [1.165, 1.54) is 0 Å². The monoisotopic (exact) mass is 265 g/mol. The van der Waals surface area contributed by atoms with Crippen LogP contribution >= 0.6 is 0 Å². The Bertz CT molecular complexity index is 357. The van der Waals surface area contributed by atoms with Gasteiger partial charge in [0.05, 0.1) is 0 Å². The highest BCUT2D eigenvalue weighted by Gasteiger charge is 2.11. The van der Waals surface area contributed by atoms with Crippen LogP contribution in [0.3, 0.4) is 0 Å². The maximum absolute atomic E-state index is 5.75. The van der Waals surface area contributed by atoms with Crippen LogP contribution in [0, 0.1) is 11.8 Å². The van der Waals surface area contributed by atoms with Crippen molar-refractivity contribution in [1.82, 2.24) is 9.97 Å². The van der Waals surface area contributed by atoms with E-state index in [1.807, 2.05) is 0 Å². The molecule has 0 aliphatic rings. The maximum Gasteiger partial charge on any atom is 0.223 e. The van der Waals surface area contributed by atoms with Gasteiger partial charge in [-0.15, -0.1) is 0 Å². The van der Waals surface area contributed by atoms with Crippen molar-refractivity contribution >= 4 is 17.6 Å². The van der Waals surface area contributed by atoms with Gasteiger partial charge in [-0.1, -0.05) is 27.7 Å². The highest BCUT2D eigenvalue weighted by molar-refractivity contribution is 5.50. The van der Waals surface area contributed by atoms with Crippen LogP contribution < -0.4 is 16.4 Å². The van der Waals surface area contributed by atoms with Crippen LogP contribution in [0.15, 0.2) is 6.07 Å². The van der Waals surface area contributed by atoms with Crippen molar-refractivity contribution in [2.45, 2.75) is 40.5 Å². The average Bonchev–Trinajstić information content (AvgIpc) is 2.26. The predicted molar refractivity (Wildman–Crippen MR) is 82.0 cm³/mol. The molecule has 0 atom stereocenters. The molecule has 19 heavy (non-hydrogen) atoms. The summed E-state index contributed by atoms with van der Waals surface area (Å²) in [6.45, 7) is 10.8. The molecule has 0 radical (unpaired) electrons. The summed E-state index contributed by atoms with van der Waals surface area (Å²) in [5.41, 5.74) is 11.4. The smallest absolute Gasteiger partial charge is 0.223 e. The summed E-state index contributed by atoms with van der Waals surface area (Å²) >= 11 is 0. The van der Waals surface area contributed by atoms with Crippen molar-refractivity contribution in [3.8, 4) is 0 Å². The molecule has 0 aliphatic heterocycles. The molecule has 0 saturated carbocycles. The zero-order chi connectivity index (χ0) is 14.4. The van der Waals surface area contributed by atoms with Crippen molar-refractivity contribution in [1.29, 1.82) is 0 Å². The molecule has 0 saturated heterocycles. The van der Waals surface area contributed by atoms with E-state index in [1.54, 1.807) is 6.07 Å². The summed E-state index contributed by atoms with van der Waals surface area (Å²) in [4.78, 5) is 10.5. The van der Waals surface area contributed by atoms with Crippen LogP contribution in [0.5, 0.6) is 0 Å². The third-order valence-electron chi connectivity index (χ3n) is 3.03. The summed E-state index contributed by atoms with van der Waals surface area (Å²) in [7, 11) is 0. The van der Waals surface area contributed by atoms with Crippen LogP contribution in [0.4, 0.5) is 17.6 Å². The van der Waals surface area contributed by atoms with E-state index in [2.05, 4.69) is 42.6 Å². The zero-order valence-electron chi connectivity index (χ0n) is 12.6. The molecule has 5 nitrogen and oxygen atoms in total. The lowest BCUT2D eigenvalue weighted by Crippen LogP contribution is -2.28. The molecule has 0 spiro atoms. The molecule has 1 rings (SSSR count). The second kappa shape index (κ2) is 7.16. The van der Waals surface area contributed by atoms with Gasteiger partial charge in [0, 0.05) is 19.2 Å². The summed E-state index contributed by atoms with van der Waals surface area (Å²) in [5.74, 6) is 2.85. The fraction of sp³-hybridized carbons (Fsp3) is 0.714. The topological polar surface area (TPSA) is 81.1 Å². The number of nitrogens with two attached hydrogens (primary N) is 2. The highest BCUT2D eigenvalue weighted by Crippen LogP contribution is 2.18. The van der Waals surface area contributed by atoms with Gasteiger partial charge in [-0.05, 0) is 24.7 Å². The first-order chi connectivity index (χ1) is 8.88. The lowest BCUT2D eigenvalue weighted by atomic mass is 10.1. The van der Waals surface area contributed by atoms with Gasteiger partial charge in [0.15, 0.2) is 0 Å². The van der Waals surface area contributed by atoms with Crippen molar-refractivity contribution in [3.63, 3.8) is 0 Å². The van der Waals surface area contributed by atoms with Crippen molar-refractivity contribution < 1.29 is 0 Å². The standard InChI is InChI=1S/C14H27N5/c1-10(2)5-7-19(8-6-11(3)4)13-9-12(15)17-14(16)18-13/h9-11H,5-8H2,1-4H3,(H4,15,16,17,18). The molecule has 0 unspecified atom stereocenters. The van der Waals surface area contributed by atoms with Gasteiger partial charge in [0.25, 0.3) is 0 Å². The van der Waals surface area contributed by atoms with Crippen molar-refractivity contribution in [2.24, 2.45) is 11.8 Å². The molecule has 1 aromatic heterocycles. The van der Waals surface area contributed by atoms with Crippen molar-refractivity contribution in [2.75, 3.05) is 29.5 Å². The molecule has 5 heteroatoms. The Labute approximate surface area is 116 Å². The second-order valence-corrected chi connectivity index (χ2v) is 5.86. The molecule has 1 aromatic rings. The van der Waals surface area contributed by atoms with E-state index < -0.39 is 0 Å². The summed E-state index contributed by atoms with van der Waals surface area (Å²) < 4.78 is 0. The van der Waals surface area contributed by atoms with Gasteiger partial charge in [0.1, 0.15) is 11.6 Å². The lowest BCUT2D eigenvalue weighted by molar-refractivity contribution is 0.533. The molecule has 0 aliphatic carbocycles. The molecule has 0 amide bonds. The van der Waals surface area contributed by atoms with E-state index in [0.717, 1.165) is 31.7 Å². The molecule has 108 valence electrons. The number of anilines is 3. The molecule has 1 heterocycles. The molecule has 0 aromatic carbocycles. The first-order valence-electron chi connectivity index (χ1n) is 7.03. The number of nitrogens with zero attached hydrogens (tertiary/aromatic N) is 3. The van der Waals surface area contributed by atoms with Crippen LogP contribution in [0.25, 0.3) is 0 Å². The van der Waals surface area contributed by atoms with Gasteiger partial charge < -0.3 is 16.4 Å². The quantitative estimate of drug-likeness (QED) is 0.791. The van der Waals surface area contributed by atoms with Crippen LogP contribution in [0.2, 0.25) is 0 Å². The first-order valence-corrected chi connectivity index (χ1v) is 7.03. The predicted octanol–water partition coefficient (Wildman–Crippen LogP) is 2.54. The molecule has 0 bridgehead atoms. The third-order valence-corrected chi connectivity index (χ3v) is 3.03. The summed E-state index contributed by atoms with van der Waals surface area (Å²) in [5, 5.41) is 0. The molecular formula is C14H27N5. The first kappa shape index (κ1) is 15.5. The number of aromatic nitrogens is 2. The van der Waals surface area contributed by atoms with E-state index in [4.69, 9.17) is 11.5 Å². The van der Waals surface area contributed by atoms with E-state index in [9.17, 15) is 0 Å². The highest BCUT2D eigenvalue weighted by atomic mass is 15.2. The minimum absolute atomic E-state index is 0.245. The van der Waals surface area contributed by atoms with E-state index in [-0.39, 0.29) is 5.95 Å². The van der Waals surface area contributed by atoms with E-state index >= 15 is 0 Å². The average molecular weight is 265 g/mol. The fourth-order valence-electron chi connectivity index (χ4n) is 1.80. The second-order valence-electron chi connectivity index (χ2n) is 5.86. The lowest BCUT2D eigenvalue weighted by Gasteiger charge is -2.25. The largest absolute Gasteiger partial charge is 0.383 e. The number of hydrogen-bond donors (Lipinski definition) is 2. The van der Waals surface area contributed by atoms with Gasteiger partial charge >= 0.3 is 0 Å². The fourth-order valence-corrected chi connectivity index (χ4v) is 1.80. The SMILES string of the molecule is CC(C)CCN(CCC(C)C)c1cc(N)nc(N)n1. The van der Waals surface area contributed by atoms with Gasteiger partial charge in [-0.3, -0.25) is 0 Å². The normalized spacial score (nSPS) is 11.3. The Hall–Kier alpha value is -1.52. The Morgan fingerprint density at radius 3 is 1.95 bits per heavy atom. The molecular weight excluding hydrogens is 238 g/mol. The van der Waals surface area contributed by atoms with Crippen LogP contribution in [0.1, 0.15) is 40.5 Å². The number of nitrogen functional groups attached to an aromatic ring is 2. The molecule has 0 fully saturated rings.